The van der Waals surface area contributed by atoms with E-state index in [2.05, 4.69) is 0 Å². The smallest absolute Gasteiger partial charge is 0.332 e. The summed E-state index contributed by atoms with van der Waals surface area (Å²) in [5.41, 5.74) is 0. The fourth-order valence-electron chi connectivity index (χ4n) is 1.86. The van der Waals surface area contributed by atoms with Crippen molar-refractivity contribution in [3.63, 3.8) is 0 Å². The van der Waals surface area contributed by atoms with E-state index in [-0.39, 0.29) is 26.0 Å². The Morgan fingerprint density at radius 2 is 2.05 bits per heavy atom. The van der Waals surface area contributed by atoms with E-state index in [0.29, 0.717) is 0 Å². The Morgan fingerprint density at radius 3 is 2.53 bits per heavy atom. The van der Waals surface area contributed by atoms with Crippen LogP contribution in [0.4, 0.5) is 8.78 Å². The van der Waals surface area contributed by atoms with E-state index < -0.39 is 37.1 Å². The second-order valence-electron chi connectivity index (χ2n) is 4.20. The first-order valence-corrected chi connectivity index (χ1v) is 5.89. The van der Waals surface area contributed by atoms with E-state index in [0.717, 1.165) is 4.90 Å². The van der Waals surface area contributed by atoms with Crippen LogP contribution in [0.5, 0.6) is 0 Å². The van der Waals surface area contributed by atoms with Crippen LogP contribution in [0, 0.1) is 0 Å². The quantitative estimate of drug-likeness (QED) is 0.729. The molecule has 6 nitrogen and oxygen atoms in total. The van der Waals surface area contributed by atoms with E-state index >= 15 is 0 Å². The fourth-order valence-corrected chi connectivity index (χ4v) is 1.86. The molecule has 0 unspecified atom stereocenters. The van der Waals surface area contributed by atoms with Gasteiger partial charge in [-0.1, -0.05) is 0 Å². The van der Waals surface area contributed by atoms with Gasteiger partial charge in [0.2, 0.25) is 0 Å². The number of hydrogen-bond acceptors (Lipinski definition) is 4. The maximum absolute atomic E-state index is 12.4. The Balaban J connectivity index is 2.58. The Morgan fingerprint density at radius 1 is 1.42 bits per heavy atom. The predicted octanol–water partition coefficient (Wildman–Crippen LogP) is 0.359. The van der Waals surface area contributed by atoms with Gasteiger partial charge in [-0.15, -0.1) is 0 Å². The first-order valence-electron chi connectivity index (χ1n) is 5.89. The Bertz CT molecular complexity index is 326. The molecule has 0 radical (unpaired) electrons. The molecule has 1 amide bonds. The average molecular weight is 281 g/mol. The standard InChI is InChI=1S/C11H17F2NO5/c1-18-5-4-14(6-9(12)13)10(15)7-2-3-8(19-7)11(16)17/h7-9H,2-6H2,1H3,(H,16,17)/t7-,8+/m0/s1. The van der Waals surface area contributed by atoms with Crippen LogP contribution in [0.2, 0.25) is 0 Å². The van der Waals surface area contributed by atoms with Gasteiger partial charge in [0.05, 0.1) is 13.2 Å². The Hall–Kier alpha value is -1.28. The zero-order chi connectivity index (χ0) is 14.4. The van der Waals surface area contributed by atoms with E-state index in [9.17, 15) is 18.4 Å². The molecule has 1 N–H and O–H groups in total. The van der Waals surface area contributed by atoms with Crippen molar-refractivity contribution in [2.45, 2.75) is 31.5 Å². The summed E-state index contributed by atoms with van der Waals surface area (Å²) in [5, 5.41) is 8.75. The largest absolute Gasteiger partial charge is 0.479 e. The van der Waals surface area contributed by atoms with Gasteiger partial charge in [-0.05, 0) is 12.8 Å². The Kier molecular flexibility index (Phi) is 6.10. The van der Waals surface area contributed by atoms with E-state index in [4.69, 9.17) is 14.6 Å². The second kappa shape index (κ2) is 7.34. The molecule has 0 aromatic rings. The van der Waals surface area contributed by atoms with Crippen molar-refractivity contribution < 1.29 is 33.0 Å². The fraction of sp³-hybridized carbons (Fsp3) is 0.818. The molecular weight excluding hydrogens is 264 g/mol. The van der Waals surface area contributed by atoms with Gasteiger partial charge < -0.3 is 19.5 Å². The van der Waals surface area contributed by atoms with Crippen LogP contribution in [-0.4, -0.2) is 67.3 Å². The van der Waals surface area contributed by atoms with Crippen molar-refractivity contribution in [3.8, 4) is 0 Å². The van der Waals surface area contributed by atoms with Gasteiger partial charge in [-0.3, -0.25) is 4.79 Å². The summed E-state index contributed by atoms with van der Waals surface area (Å²) < 4.78 is 34.6. The molecule has 1 saturated heterocycles. The summed E-state index contributed by atoms with van der Waals surface area (Å²) in [5.74, 6) is -1.76. The number of hydrogen-bond donors (Lipinski definition) is 1. The third-order valence-corrected chi connectivity index (χ3v) is 2.81. The highest BCUT2D eigenvalue weighted by Gasteiger charge is 2.37. The molecule has 0 aliphatic carbocycles. The maximum atomic E-state index is 12.4. The lowest BCUT2D eigenvalue weighted by Crippen LogP contribution is -2.43. The number of nitrogens with zero attached hydrogens (tertiary/aromatic N) is 1. The van der Waals surface area contributed by atoms with E-state index in [1.807, 2.05) is 0 Å². The molecule has 110 valence electrons. The van der Waals surface area contributed by atoms with Crippen molar-refractivity contribution in [2.75, 3.05) is 26.8 Å². The summed E-state index contributed by atoms with van der Waals surface area (Å²) in [6, 6.07) is 0. The number of alkyl halides is 2. The summed E-state index contributed by atoms with van der Waals surface area (Å²) in [4.78, 5) is 23.6. The first kappa shape index (κ1) is 15.8. The zero-order valence-electron chi connectivity index (χ0n) is 10.6. The predicted molar refractivity (Wildman–Crippen MR) is 60.0 cm³/mol. The van der Waals surface area contributed by atoms with E-state index in [1.54, 1.807) is 0 Å². The minimum absolute atomic E-state index is 0.0251. The molecule has 0 spiro atoms. The second-order valence-corrected chi connectivity index (χ2v) is 4.20. The van der Waals surface area contributed by atoms with Gasteiger partial charge in [-0.25, -0.2) is 13.6 Å². The lowest BCUT2D eigenvalue weighted by Gasteiger charge is -2.24. The van der Waals surface area contributed by atoms with Crippen molar-refractivity contribution in [1.29, 1.82) is 0 Å². The van der Waals surface area contributed by atoms with Gasteiger partial charge in [0.25, 0.3) is 12.3 Å². The number of carbonyl (C=O) groups excluding carboxylic acids is 1. The van der Waals surface area contributed by atoms with Gasteiger partial charge in [0, 0.05) is 13.7 Å². The number of carboxylic acid groups (broad SMARTS) is 1. The van der Waals surface area contributed by atoms with Gasteiger partial charge >= 0.3 is 5.97 Å². The number of carboxylic acids is 1. The highest BCUT2D eigenvalue weighted by atomic mass is 19.3. The minimum Gasteiger partial charge on any atom is -0.479 e. The SMILES string of the molecule is COCCN(CC(F)F)C(=O)[C@@H]1CC[C@H](C(=O)O)O1. The number of ether oxygens (including phenoxy) is 2. The summed E-state index contributed by atoms with van der Waals surface area (Å²) in [6.07, 6.45) is -4.22. The van der Waals surface area contributed by atoms with Crippen LogP contribution < -0.4 is 0 Å². The molecule has 19 heavy (non-hydrogen) atoms. The molecule has 0 bridgehead atoms. The monoisotopic (exact) mass is 281 g/mol. The van der Waals surface area contributed by atoms with Crippen LogP contribution in [0.1, 0.15) is 12.8 Å². The molecular formula is C11H17F2NO5. The molecule has 1 aliphatic heterocycles. The van der Waals surface area contributed by atoms with Crippen LogP contribution >= 0.6 is 0 Å². The van der Waals surface area contributed by atoms with Gasteiger partial charge in [0.1, 0.15) is 6.10 Å². The molecule has 1 fully saturated rings. The lowest BCUT2D eigenvalue weighted by atomic mass is 10.2. The number of amides is 1. The average Bonchev–Trinajstić information content (AvgIpc) is 2.82. The lowest BCUT2D eigenvalue weighted by molar-refractivity contribution is -0.155. The number of halogens is 2. The topological polar surface area (TPSA) is 76.1 Å². The maximum Gasteiger partial charge on any atom is 0.332 e. The third-order valence-electron chi connectivity index (χ3n) is 2.81. The third kappa shape index (κ3) is 4.71. The summed E-state index contributed by atoms with van der Waals surface area (Å²) >= 11 is 0. The molecule has 8 heteroatoms. The minimum atomic E-state index is -2.66. The summed E-state index contributed by atoms with van der Waals surface area (Å²) in [7, 11) is 1.40. The highest BCUT2D eigenvalue weighted by Crippen LogP contribution is 2.22. The normalized spacial score (nSPS) is 22.7. The molecule has 1 aliphatic rings. The molecule has 0 saturated carbocycles. The zero-order valence-corrected chi connectivity index (χ0v) is 10.6. The molecule has 1 heterocycles. The summed E-state index contributed by atoms with van der Waals surface area (Å²) in [6.45, 7) is -0.551. The van der Waals surface area contributed by atoms with Crippen molar-refractivity contribution >= 4 is 11.9 Å². The molecule has 0 aromatic heterocycles. The van der Waals surface area contributed by atoms with Gasteiger partial charge in [-0.2, -0.15) is 0 Å². The van der Waals surface area contributed by atoms with E-state index in [1.165, 1.54) is 7.11 Å². The van der Waals surface area contributed by atoms with Crippen LogP contribution in [-0.2, 0) is 19.1 Å². The van der Waals surface area contributed by atoms with Crippen LogP contribution in [0.25, 0.3) is 0 Å². The molecule has 2 atom stereocenters. The van der Waals surface area contributed by atoms with Crippen molar-refractivity contribution in [2.24, 2.45) is 0 Å². The molecule has 0 aromatic carbocycles. The number of rotatable bonds is 7. The Labute approximate surface area is 109 Å². The first-order chi connectivity index (χ1) is 8.95. The van der Waals surface area contributed by atoms with Crippen molar-refractivity contribution in [1.82, 2.24) is 4.90 Å². The van der Waals surface area contributed by atoms with Crippen LogP contribution in [0.3, 0.4) is 0 Å². The van der Waals surface area contributed by atoms with Crippen LogP contribution in [0.15, 0.2) is 0 Å². The highest BCUT2D eigenvalue weighted by molar-refractivity contribution is 5.82. The number of methoxy groups -OCH3 is 1. The van der Waals surface area contributed by atoms with Crippen molar-refractivity contribution in [3.05, 3.63) is 0 Å². The van der Waals surface area contributed by atoms with Gasteiger partial charge in [0.15, 0.2) is 6.10 Å². The molecule has 1 rings (SSSR count). The number of aliphatic carboxylic acids is 1. The number of carbonyl (C=O) groups is 2.